The molecule has 1 rings (SSSR count). The zero-order valence-electron chi connectivity index (χ0n) is 3.18. The van der Waals surface area contributed by atoms with E-state index >= 15 is 0 Å². The molecule has 0 N–H and O–H groups in total. The van der Waals surface area contributed by atoms with Crippen LogP contribution in [0.1, 0.15) is 0 Å². The second kappa shape index (κ2) is 1.26. The van der Waals surface area contributed by atoms with Crippen molar-refractivity contribution in [3.63, 3.8) is 0 Å². The second-order valence-electron chi connectivity index (χ2n) is 0.880. The molecule has 0 saturated carbocycles. The van der Waals surface area contributed by atoms with Gasteiger partial charge in [0.15, 0.2) is 0 Å². The molecule has 0 spiro atoms. The van der Waals surface area contributed by atoms with Gasteiger partial charge in [0, 0.05) is 0 Å². The molecule has 3 heteroatoms. The van der Waals surface area contributed by atoms with Crippen LogP contribution in [0.4, 0.5) is 0 Å². The average Bonchev–Trinajstić information content (AvgIpc) is 1.86. The highest BCUT2D eigenvalue weighted by Crippen LogP contribution is 1.91. The molecule has 0 aromatic carbocycles. The highest BCUT2D eigenvalue weighted by molar-refractivity contribution is 6.32. The zero-order chi connectivity index (χ0) is 4.41. The summed E-state index contributed by atoms with van der Waals surface area (Å²) in [7, 11) is 1.57. The minimum Gasteiger partial charge on any atom is -0.436 e. The Labute approximate surface area is 38.4 Å². The van der Waals surface area contributed by atoms with Crippen molar-refractivity contribution in [2.24, 2.45) is 0 Å². The van der Waals surface area contributed by atoms with E-state index in [9.17, 15) is 0 Å². The summed E-state index contributed by atoms with van der Waals surface area (Å²) in [6, 6.07) is 0. The molecular weight excluding hydrogens is 96.1 g/mol. The van der Waals surface area contributed by atoms with Crippen molar-refractivity contribution in [1.29, 1.82) is 0 Å². The van der Waals surface area contributed by atoms with E-state index in [-0.39, 0.29) is 0 Å². The maximum absolute atomic E-state index is 4.68. The SMILES string of the molecule is [SiH2]=C1OC=CO1. The van der Waals surface area contributed by atoms with Crippen molar-refractivity contribution >= 4 is 15.4 Å². The van der Waals surface area contributed by atoms with Gasteiger partial charge in [0.2, 0.25) is 5.54 Å². The summed E-state index contributed by atoms with van der Waals surface area (Å²) in [5.41, 5.74) is 0.620. The van der Waals surface area contributed by atoms with Crippen molar-refractivity contribution in [3.8, 4) is 0 Å². The molecule has 0 aromatic rings. The Morgan fingerprint density at radius 1 is 1.33 bits per heavy atom. The Bertz CT molecular complexity index is 87.0. The largest absolute Gasteiger partial charge is 0.436 e. The van der Waals surface area contributed by atoms with Gasteiger partial charge in [-0.15, -0.1) is 0 Å². The summed E-state index contributed by atoms with van der Waals surface area (Å²) >= 11 is 0. The lowest BCUT2D eigenvalue weighted by Gasteiger charge is -1.88. The van der Waals surface area contributed by atoms with E-state index in [0.29, 0.717) is 5.54 Å². The molecule has 0 atom stereocenters. The standard InChI is InChI=1S/C3H4O2Si/c6-3-4-1-2-5-3/h1-2H,6H2. The molecule has 6 heavy (non-hydrogen) atoms. The third-order valence-electron chi connectivity index (χ3n) is 0.455. The van der Waals surface area contributed by atoms with Gasteiger partial charge < -0.3 is 9.47 Å². The molecule has 0 aliphatic carbocycles. The van der Waals surface area contributed by atoms with E-state index in [1.54, 1.807) is 9.85 Å². The van der Waals surface area contributed by atoms with Crippen molar-refractivity contribution in [2.75, 3.05) is 0 Å². The predicted molar refractivity (Wildman–Crippen MR) is 24.9 cm³/mol. The van der Waals surface area contributed by atoms with Crippen molar-refractivity contribution in [1.82, 2.24) is 0 Å². The molecule has 0 unspecified atom stereocenters. The second-order valence-corrected chi connectivity index (χ2v) is 1.46. The van der Waals surface area contributed by atoms with Crippen LogP contribution in [0.25, 0.3) is 0 Å². The molecule has 0 radical (unpaired) electrons. The quantitative estimate of drug-likeness (QED) is 0.372. The molecule has 32 valence electrons. The van der Waals surface area contributed by atoms with Crippen LogP contribution in [0, 0.1) is 0 Å². The van der Waals surface area contributed by atoms with Crippen LogP contribution >= 0.6 is 0 Å². The van der Waals surface area contributed by atoms with Gasteiger partial charge in [-0.3, -0.25) is 0 Å². The summed E-state index contributed by atoms with van der Waals surface area (Å²) in [4.78, 5) is 0. The van der Waals surface area contributed by atoms with E-state index < -0.39 is 0 Å². The molecule has 2 nitrogen and oxygen atoms in total. The number of hydrogen-bond acceptors (Lipinski definition) is 2. The molecule has 0 saturated heterocycles. The summed E-state index contributed by atoms with van der Waals surface area (Å²) in [6.45, 7) is 0. The lowest BCUT2D eigenvalue weighted by atomic mass is 11.1. The third kappa shape index (κ3) is 0.489. The summed E-state index contributed by atoms with van der Waals surface area (Å²) in [5, 5.41) is 0. The average molecular weight is 100 g/mol. The summed E-state index contributed by atoms with van der Waals surface area (Å²) < 4.78 is 9.36. The Morgan fingerprint density at radius 3 is 2.00 bits per heavy atom. The lowest BCUT2D eigenvalue weighted by Crippen LogP contribution is -1.93. The van der Waals surface area contributed by atoms with Crippen molar-refractivity contribution in [3.05, 3.63) is 12.5 Å². The smallest absolute Gasteiger partial charge is 0.238 e. The summed E-state index contributed by atoms with van der Waals surface area (Å²) in [6.07, 6.45) is 3.00. The molecule has 1 heterocycles. The maximum atomic E-state index is 4.68. The fourth-order valence-electron chi connectivity index (χ4n) is 0.235. The van der Waals surface area contributed by atoms with Crippen LogP contribution in [-0.4, -0.2) is 15.4 Å². The van der Waals surface area contributed by atoms with Gasteiger partial charge in [-0.25, -0.2) is 0 Å². The Kier molecular flexibility index (Phi) is 0.758. The first-order valence-electron chi connectivity index (χ1n) is 1.57. The summed E-state index contributed by atoms with van der Waals surface area (Å²) in [5.74, 6) is 0. The van der Waals surface area contributed by atoms with Gasteiger partial charge in [-0.2, -0.15) is 0 Å². The third-order valence-corrected chi connectivity index (χ3v) is 0.788. The first kappa shape index (κ1) is 3.61. The van der Waals surface area contributed by atoms with Crippen molar-refractivity contribution in [2.45, 2.75) is 0 Å². The van der Waals surface area contributed by atoms with Gasteiger partial charge in [0.05, 0.1) is 9.85 Å². The first-order valence-corrected chi connectivity index (χ1v) is 2.27. The molecule has 1 aliphatic rings. The molecule has 0 fully saturated rings. The highest BCUT2D eigenvalue weighted by Gasteiger charge is 1.92. The van der Waals surface area contributed by atoms with E-state index in [1.807, 2.05) is 0 Å². The molecule has 1 aliphatic heterocycles. The van der Waals surface area contributed by atoms with Gasteiger partial charge in [-0.05, 0) is 0 Å². The van der Waals surface area contributed by atoms with E-state index in [4.69, 9.17) is 0 Å². The van der Waals surface area contributed by atoms with Crippen LogP contribution < -0.4 is 0 Å². The number of hydrogen-bond donors (Lipinski definition) is 0. The highest BCUT2D eigenvalue weighted by atomic mass is 28.1. The molecule has 0 amide bonds. The van der Waals surface area contributed by atoms with E-state index in [1.165, 1.54) is 12.5 Å². The fourth-order valence-corrected chi connectivity index (χ4v) is 0.428. The normalized spacial score (nSPS) is 17.0. The van der Waals surface area contributed by atoms with Crippen LogP contribution in [0.5, 0.6) is 0 Å². The minimum atomic E-state index is 0.620. The Morgan fingerprint density at radius 2 is 1.83 bits per heavy atom. The minimum absolute atomic E-state index is 0.620. The van der Waals surface area contributed by atoms with Crippen LogP contribution in [0.3, 0.4) is 0 Å². The van der Waals surface area contributed by atoms with Gasteiger partial charge >= 0.3 is 0 Å². The monoisotopic (exact) mass is 100.0 g/mol. The fraction of sp³-hybridized carbons (Fsp3) is 0. The predicted octanol–water partition coefficient (Wildman–Crippen LogP) is -0.775. The maximum Gasteiger partial charge on any atom is 0.238 e. The van der Waals surface area contributed by atoms with E-state index in [2.05, 4.69) is 9.47 Å². The van der Waals surface area contributed by atoms with Crippen LogP contribution in [-0.2, 0) is 9.47 Å². The van der Waals surface area contributed by atoms with Crippen LogP contribution in [0.15, 0.2) is 12.5 Å². The molecule has 0 aromatic heterocycles. The topological polar surface area (TPSA) is 18.5 Å². The Hall–Kier alpha value is -0.573. The van der Waals surface area contributed by atoms with Crippen LogP contribution in [0.2, 0.25) is 0 Å². The van der Waals surface area contributed by atoms with Gasteiger partial charge in [-0.1, -0.05) is 0 Å². The molecule has 0 bridgehead atoms. The van der Waals surface area contributed by atoms with Gasteiger partial charge in [0.25, 0.3) is 0 Å². The number of ether oxygens (including phenoxy) is 2. The number of rotatable bonds is 0. The van der Waals surface area contributed by atoms with Gasteiger partial charge in [0.1, 0.15) is 12.5 Å². The zero-order valence-corrected chi connectivity index (χ0v) is 4.59. The molecular formula is C3H4O2Si. The Balaban J connectivity index is 2.52. The van der Waals surface area contributed by atoms with E-state index in [0.717, 1.165) is 0 Å². The van der Waals surface area contributed by atoms with Crippen molar-refractivity contribution < 1.29 is 9.47 Å². The first-order chi connectivity index (χ1) is 2.89. The lowest BCUT2D eigenvalue weighted by molar-refractivity contribution is 0.384.